The number of anilines is 2. The second kappa shape index (κ2) is 9.84. The van der Waals surface area contributed by atoms with E-state index in [-0.39, 0.29) is 23.7 Å². The van der Waals surface area contributed by atoms with Gasteiger partial charge in [-0.3, -0.25) is 24.5 Å². The number of ether oxygens (including phenoxy) is 1. The molecule has 2 heterocycles. The molecule has 0 bridgehead atoms. The van der Waals surface area contributed by atoms with Crippen molar-refractivity contribution in [2.24, 2.45) is 5.92 Å². The molecule has 1 N–H and O–H groups in total. The highest BCUT2D eigenvalue weighted by molar-refractivity contribution is 7.10. The molecule has 9 nitrogen and oxygen atoms in total. The number of nitrogens with one attached hydrogen (secondary N) is 1. The van der Waals surface area contributed by atoms with E-state index in [9.17, 15) is 24.5 Å². The second-order valence-electron chi connectivity index (χ2n) is 7.80. The lowest BCUT2D eigenvalue weighted by atomic mass is 9.99. The van der Waals surface area contributed by atoms with Gasteiger partial charge in [-0.05, 0) is 36.6 Å². The molecule has 174 valence electrons. The Labute approximate surface area is 199 Å². The monoisotopic (exact) mass is 479 g/mol. The summed E-state index contributed by atoms with van der Waals surface area (Å²) in [6.07, 6.45) is -0.0545. The van der Waals surface area contributed by atoms with E-state index in [1.807, 2.05) is 48.7 Å². The van der Waals surface area contributed by atoms with Gasteiger partial charge >= 0.3 is 5.97 Å². The Kier molecular flexibility index (Phi) is 6.69. The Morgan fingerprint density at radius 1 is 1.15 bits per heavy atom. The summed E-state index contributed by atoms with van der Waals surface area (Å²) in [5, 5.41) is 15.4. The summed E-state index contributed by atoms with van der Waals surface area (Å²) >= 11 is 1.43. The molecule has 0 aliphatic carbocycles. The molecule has 0 unspecified atom stereocenters. The zero-order valence-corrected chi connectivity index (χ0v) is 19.0. The van der Waals surface area contributed by atoms with Gasteiger partial charge in [-0.15, -0.1) is 11.3 Å². The molecule has 0 saturated carbocycles. The van der Waals surface area contributed by atoms with Gasteiger partial charge in [0.25, 0.3) is 11.6 Å². The minimum Gasteiger partial charge on any atom is -0.455 e. The Hall–Kier alpha value is -4.05. The van der Waals surface area contributed by atoms with Crippen LogP contribution in [0, 0.1) is 23.0 Å². The van der Waals surface area contributed by atoms with E-state index < -0.39 is 35.4 Å². The van der Waals surface area contributed by atoms with Crippen molar-refractivity contribution in [3.8, 4) is 0 Å². The standard InChI is InChI=1S/C24H21N3O6S/c1-15-8-10-16(11-9-15)26-22(29)13-17(23(26)20-7-4-12-34-20)24(30)33-14-21(28)25-18-5-2-3-6-19(18)27(31)32/h2-12,17,23H,13-14H2,1H3,(H,25,28)/t17-,23-/m1/s1. The SMILES string of the molecule is Cc1ccc(N2C(=O)C[C@@H](C(=O)OCC(=O)Nc3ccccc3[N+](=O)[O-])[C@@H]2c2cccs2)cc1. The lowest BCUT2D eigenvalue weighted by Crippen LogP contribution is -2.31. The van der Waals surface area contributed by atoms with Gasteiger partial charge in [0, 0.05) is 23.1 Å². The molecule has 1 fully saturated rings. The van der Waals surface area contributed by atoms with Crippen molar-refractivity contribution in [3.05, 3.63) is 86.6 Å². The molecule has 2 atom stereocenters. The maximum absolute atomic E-state index is 13.0. The van der Waals surface area contributed by atoms with Crippen molar-refractivity contribution in [3.63, 3.8) is 0 Å². The van der Waals surface area contributed by atoms with Crippen LogP contribution in [0.25, 0.3) is 0 Å². The van der Waals surface area contributed by atoms with E-state index >= 15 is 0 Å². The summed E-state index contributed by atoms with van der Waals surface area (Å²) in [6.45, 7) is 1.32. The summed E-state index contributed by atoms with van der Waals surface area (Å²) in [4.78, 5) is 51.2. The van der Waals surface area contributed by atoms with Crippen molar-refractivity contribution in [2.75, 3.05) is 16.8 Å². The van der Waals surface area contributed by atoms with Crippen LogP contribution in [0.15, 0.2) is 66.0 Å². The van der Waals surface area contributed by atoms with Crippen molar-refractivity contribution in [1.82, 2.24) is 0 Å². The van der Waals surface area contributed by atoms with Crippen LogP contribution in [0.4, 0.5) is 17.1 Å². The van der Waals surface area contributed by atoms with Gasteiger partial charge < -0.3 is 15.0 Å². The molecule has 2 amide bonds. The van der Waals surface area contributed by atoms with E-state index in [4.69, 9.17) is 4.74 Å². The smallest absolute Gasteiger partial charge is 0.312 e. The zero-order valence-electron chi connectivity index (χ0n) is 18.2. The number of para-hydroxylation sites is 2. The van der Waals surface area contributed by atoms with Gasteiger partial charge in [0.15, 0.2) is 6.61 Å². The van der Waals surface area contributed by atoms with Gasteiger partial charge in [-0.25, -0.2) is 0 Å². The van der Waals surface area contributed by atoms with Crippen LogP contribution in [-0.4, -0.2) is 29.3 Å². The first-order chi connectivity index (χ1) is 16.3. The maximum atomic E-state index is 13.0. The molecule has 1 saturated heterocycles. The summed E-state index contributed by atoms with van der Waals surface area (Å²) in [5.74, 6) is -2.41. The third-order valence-electron chi connectivity index (χ3n) is 5.49. The Morgan fingerprint density at radius 2 is 1.88 bits per heavy atom. The lowest BCUT2D eigenvalue weighted by Gasteiger charge is -2.27. The molecule has 2 aromatic carbocycles. The topological polar surface area (TPSA) is 119 Å². The van der Waals surface area contributed by atoms with Gasteiger partial charge in [0.1, 0.15) is 5.69 Å². The number of carbonyl (C=O) groups is 3. The second-order valence-corrected chi connectivity index (χ2v) is 8.78. The molecular weight excluding hydrogens is 458 g/mol. The number of hydrogen-bond donors (Lipinski definition) is 1. The van der Waals surface area contributed by atoms with Crippen LogP contribution < -0.4 is 10.2 Å². The first kappa shape index (κ1) is 23.1. The molecule has 1 aliphatic heterocycles. The van der Waals surface area contributed by atoms with E-state index in [0.29, 0.717) is 5.69 Å². The highest BCUT2D eigenvalue weighted by Crippen LogP contribution is 2.43. The minimum atomic E-state index is -0.800. The predicted octanol–water partition coefficient (Wildman–Crippen LogP) is 4.24. The summed E-state index contributed by atoms with van der Waals surface area (Å²) in [7, 11) is 0. The third-order valence-corrected chi connectivity index (χ3v) is 6.44. The van der Waals surface area contributed by atoms with Crippen molar-refractivity contribution >= 4 is 46.2 Å². The number of aryl methyl sites for hydroxylation is 1. The molecule has 0 radical (unpaired) electrons. The van der Waals surface area contributed by atoms with Crippen LogP contribution >= 0.6 is 11.3 Å². The largest absolute Gasteiger partial charge is 0.455 e. The molecule has 0 spiro atoms. The Morgan fingerprint density at radius 3 is 2.56 bits per heavy atom. The number of esters is 1. The number of benzene rings is 2. The number of amides is 2. The van der Waals surface area contributed by atoms with E-state index in [1.165, 1.54) is 29.5 Å². The highest BCUT2D eigenvalue weighted by Gasteiger charge is 2.46. The number of rotatable bonds is 7. The maximum Gasteiger partial charge on any atom is 0.312 e. The molecule has 3 aromatic rings. The molecule has 34 heavy (non-hydrogen) atoms. The third kappa shape index (κ3) is 4.81. The van der Waals surface area contributed by atoms with Crippen LogP contribution in [-0.2, 0) is 19.1 Å². The fourth-order valence-corrected chi connectivity index (χ4v) is 4.79. The molecule has 1 aliphatic rings. The summed E-state index contributed by atoms with van der Waals surface area (Å²) in [5.41, 5.74) is 1.46. The molecule has 1 aromatic heterocycles. The fraction of sp³-hybridized carbons (Fsp3) is 0.208. The number of nitro benzene ring substituents is 1. The average Bonchev–Trinajstić information content (AvgIpc) is 3.46. The molecule has 10 heteroatoms. The Bertz CT molecular complexity index is 1230. The van der Waals surface area contributed by atoms with E-state index in [0.717, 1.165) is 10.4 Å². The lowest BCUT2D eigenvalue weighted by molar-refractivity contribution is -0.383. The van der Waals surface area contributed by atoms with Crippen molar-refractivity contribution in [1.29, 1.82) is 0 Å². The average molecular weight is 480 g/mol. The van der Waals surface area contributed by atoms with Crippen LogP contribution in [0.1, 0.15) is 22.9 Å². The van der Waals surface area contributed by atoms with Crippen molar-refractivity contribution < 1.29 is 24.0 Å². The predicted molar refractivity (Wildman–Crippen MR) is 127 cm³/mol. The molecular formula is C24H21N3O6S. The number of hydrogen-bond acceptors (Lipinski definition) is 7. The van der Waals surface area contributed by atoms with Gasteiger partial charge in [0.05, 0.1) is 16.9 Å². The van der Waals surface area contributed by atoms with Crippen LogP contribution in [0.5, 0.6) is 0 Å². The highest BCUT2D eigenvalue weighted by atomic mass is 32.1. The van der Waals surface area contributed by atoms with Gasteiger partial charge in [-0.1, -0.05) is 35.9 Å². The first-order valence-electron chi connectivity index (χ1n) is 10.5. The fourth-order valence-electron chi connectivity index (χ4n) is 3.91. The normalized spacial score (nSPS) is 17.4. The zero-order chi connectivity index (χ0) is 24.2. The van der Waals surface area contributed by atoms with E-state index in [2.05, 4.69) is 5.32 Å². The number of carbonyl (C=O) groups excluding carboxylic acids is 3. The summed E-state index contributed by atoms with van der Waals surface area (Å²) in [6, 6.07) is 16.3. The van der Waals surface area contributed by atoms with Gasteiger partial charge in [0.2, 0.25) is 5.91 Å². The van der Waals surface area contributed by atoms with Gasteiger partial charge in [-0.2, -0.15) is 0 Å². The number of thiophene rings is 1. The molecule has 4 rings (SSSR count). The summed E-state index contributed by atoms with van der Waals surface area (Å²) < 4.78 is 5.25. The number of nitro groups is 1. The quantitative estimate of drug-likeness (QED) is 0.308. The Balaban J connectivity index is 1.49. The van der Waals surface area contributed by atoms with Crippen molar-refractivity contribution in [2.45, 2.75) is 19.4 Å². The first-order valence-corrected chi connectivity index (χ1v) is 11.3. The minimum absolute atomic E-state index is 0.00611. The van der Waals surface area contributed by atoms with E-state index in [1.54, 1.807) is 11.0 Å². The number of nitrogens with zero attached hydrogens (tertiary/aromatic N) is 2. The van der Waals surface area contributed by atoms with Crippen LogP contribution in [0.2, 0.25) is 0 Å². The van der Waals surface area contributed by atoms with Crippen LogP contribution in [0.3, 0.4) is 0 Å².